The van der Waals surface area contributed by atoms with E-state index in [9.17, 15) is 4.79 Å². The van der Waals surface area contributed by atoms with Crippen molar-refractivity contribution in [3.8, 4) is 11.8 Å². The molecular formula is C11H19NO. The van der Waals surface area contributed by atoms with Crippen molar-refractivity contribution in [2.75, 3.05) is 0 Å². The van der Waals surface area contributed by atoms with Gasteiger partial charge in [-0.15, -0.1) is 5.92 Å². The molecule has 0 amide bonds. The maximum atomic E-state index is 11.7. The summed E-state index contributed by atoms with van der Waals surface area (Å²) in [6, 6.07) is 0. The van der Waals surface area contributed by atoms with Crippen LogP contribution in [0.4, 0.5) is 0 Å². The predicted octanol–water partition coefficient (Wildman–Crippen LogP) is 1.73. The van der Waals surface area contributed by atoms with E-state index in [2.05, 4.69) is 11.8 Å². The van der Waals surface area contributed by atoms with Crippen molar-refractivity contribution >= 4 is 5.78 Å². The van der Waals surface area contributed by atoms with Crippen LogP contribution in [-0.4, -0.2) is 11.3 Å². The van der Waals surface area contributed by atoms with Crippen LogP contribution in [0.25, 0.3) is 0 Å². The monoisotopic (exact) mass is 181 g/mol. The summed E-state index contributed by atoms with van der Waals surface area (Å²) in [5, 5.41) is 0. The Morgan fingerprint density at radius 2 is 1.77 bits per heavy atom. The first-order valence-electron chi connectivity index (χ1n) is 4.45. The van der Waals surface area contributed by atoms with Crippen molar-refractivity contribution in [2.45, 2.75) is 46.6 Å². The second kappa shape index (κ2) is 3.93. The van der Waals surface area contributed by atoms with Crippen LogP contribution < -0.4 is 5.73 Å². The maximum absolute atomic E-state index is 11.7. The van der Waals surface area contributed by atoms with E-state index in [1.165, 1.54) is 0 Å². The SMILES string of the molecule is CC#CCC(=O)C(C)(C)C(C)(C)N. The number of hydrogen-bond donors (Lipinski definition) is 1. The third-order valence-corrected chi connectivity index (χ3v) is 2.73. The van der Waals surface area contributed by atoms with Crippen molar-refractivity contribution in [2.24, 2.45) is 11.1 Å². The largest absolute Gasteiger partial charge is 0.325 e. The molecule has 0 saturated heterocycles. The summed E-state index contributed by atoms with van der Waals surface area (Å²) in [6.45, 7) is 9.20. The van der Waals surface area contributed by atoms with E-state index in [1.54, 1.807) is 6.92 Å². The number of hydrogen-bond acceptors (Lipinski definition) is 2. The Hall–Kier alpha value is -0.810. The Labute approximate surface area is 80.9 Å². The van der Waals surface area contributed by atoms with Crippen LogP contribution in [0.15, 0.2) is 0 Å². The molecule has 0 bridgehead atoms. The molecule has 0 rings (SSSR count). The van der Waals surface area contributed by atoms with E-state index < -0.39 is 11.0 Å². The molecule has 2 N–H and O–H groups in total. The molecule has 0 saturated carbocycles. The predicted molar refractivity (Wildman–Crippen MR) is 55.1 cm³/mol. The second-order valence-electron chi connectivity index (χ2n) is 4.37. The summed E-state index contributed by atoms with van der Waals surface area (Å²) in [7, 11) is 0. The number of nitrogens with two attached hydrogens (primary N) is 1. The Balaban J connectivity index is 4.61. The molecule has 0 aliphatic heterocycles. The smallest absolute Gasteiger partial charge is 0.152 e. The van der Waals surface area contributed by atoms with Crippen molar-refractivity contribution < 1.29 is 4.79 Å². The summed E-state index contributed by atoms with van der Waals surface area (Å²) in [6.07, 6.45) is 0.296. The molecule has 0 radical (unpaired) electrons. The third kappa shape index (κ3) is 2.86. The molecule has 74 valence electrons. The van der Waals surface area contributed by atoms with E-state index >= 15 is 0 Å². The van der Waals surface area contributed by atoms with Gasteiger partial charge in [-0.1, -0.05) is 19.8 Å². The zero-order valence-corrected chi connectivity index (χ0v) is 9.19. The molecule has 0 aromatic rings. The summed E-state index contributed by atoms with van der Waals surface area (Å²) in [4.78, 5) is 11.7. The molecular weight excluding hydrogens is 162 g/mol. The molecule has 0 fully saturated rings. The normalized spacial score (nSPS) is 11.8. The van der Waals surface area contributed by atoms with E-state index in [0.717, 1.165) is 0 Å². The van der Waals surface area contributed by atoms with Gasteiger partial charge in [0.2, 0.25) is 0 Å². The molecule has 2 heteroatoms. The van der Waals surface area contributed by atoms with Gasteiger partial charge in [0.15, 0.2) is 5.78 Å². The molecule has 2 nitrogen and oxygen atoms in total. The third-order valence-electron chi connectivity index (χ3n) is 2.73. The van der Waals surface area contributed by atoms with Crippen LogP contribution in [0.5, 0.6) is 0 Å². The Morgan fingerprint density at radius 3 is 2.08 bits per heavy atom. The zero-order chi connectivity index (χ0) is 10.7. The molecule has 0 spiro atoms. The average Bonchev–Trinajstić information content (AvgIpc) is 1.97. The van der Waals surface area contributed by atoms with Gasteiger partial charge in [-0.3, -0.25) is 4.79 Å². The average molecular weight is 181 g/mol. The molecule has 0 aliphatic rings. The first-order valence-corrected chi connectivity index (χ1v) is 4.45. The molecule has 13 heavy (non-hydrogen) atoms. The highest BCUT2D eigenvalue weighted by Crippen LogP contribution is 2.30. The zero-order valence-electron chi connectivity index (χ0n) is 9.19. The topological polar surface area (TPSA) is 43.1 Å². The number of rotatable bonds is 3. The minimum atomic E-state index is -0.517. The maximum Gasteiger partial charge on any atom is 0.152 e. The van der Waals surface area contributed by atoms with Crippen molar-refractivity contribution in [1.29, 1.82) is 0 Å². The first kappa shape index (κ1) is 12.2. The summed E-state index contributed by atoms with van der Waals surface area (Å²) < 4.78 is 0. The lowest BCUT2D eigenvalue weighted by Crippen LogP contribution is -2.51. The van der Waals surface area contributed by atoms with Gasteiger partial charge in [0.05, 0.1) is 6.42 Å². The lowest BCUT2D eigenvalue weighted by atomic mass is 9.71. The number of ketones is 1. The molecule has 0 heterocycles. The quantitative estimate of drug-likeness (QED) is 0.674. The highest BCUT2D eigenvalue weighted by atomic mass is 16.1. The highest BCUT2D eigenvalue weighted by molar-refractivity contribution is 5.87. The van der Waals surface area contributed by atoms with Crippen molar-refractivity contribution in [1.82, 2.24) is 0 Å². The van der Waals surface area contributed by atoms with Gasteiger partial charge in [-0.05, 0) is 20.8 Å². The van der Waals surface area contributed by atoms with Gasteiger partial charge in [0.25, 0.3) is 0 Å². The number of carbonyl (C=O) groups is 1. The van der Waals surface area contributed by atoms with Crippen molar-refractivity contribution in [3.63, 3.8) is 0 Å². The van der Waals surface area contributed by atoms with E-state index in [-0.39, 0.29) is 5.78 Å². The summed E-state index contributed by atoms with van der Waals surface area (Å²) in [5.74, 6) is 5.59. The number of Topliss-reactive ketones (excluding diaryl/α,β-unsaturated/α-hetero) is 1. The molecule has 0 aromatic carbocycles. The summed E-state index contributed by atoms with van der Waals surface area (Å²) in [5.41, 5.74) is 4.90. The van der Waals surface area contributed by atoms with Crippen LogP contribution in [-0.2, 0) is 4.79 Å². The van der Waals surface area contributed by atoms with Crippen LogP contribution in [0.2, 0.25) is 0 Å². The Bertz CT molecular complexity index is 247. The van der Waals surface area contributed by atoms with Gasteiger partial charge in [-0.2, -0.15) is 0 Å². The molecule has 0 atom stereocenters. The van der Waals surface area contributed by atoms with Crippen LogP contribution in [0, 0.1) is 17.3 Å². The molecule has 0 unspecified atom stereocenters. The standard InChI is InChI=1S/C11H19NO/c1-6-7-8-9(13)10(2,3)11(4,5)12/h8,12H2,1-5H3. The minimum absolute atomic E-state index is 0.106. The van der Waals surface area contributed by atoms with Gasteiger partial charge < -0.3 is 5.73 Å². The first-order chi connectivity index (χ1) is 5.73. The summed E-state index contributed by atoms with van der Waals surface area (Å²) >= 11 is 0. The lowest BCUT2D eigenvalue weighted by Gasteiger charge is -2.36. The van der Waals surface area contributed by atoms with Gasteiger partial charge in [0.1, 0.15) is 0 Å². The second-order valence-corrected chi connectivity index (χ2v) is 4.37. The van der Waals surface area contributed by atoms with E-state index in [0.29, 0.717) is 6.42 Å². The number of carbonyl (C=O) groups excluding carboxylic acids is 1. The van der Waals surface area contributed by atoms with Gasteiger partial charge >= 0.3 is 0 Å². The highest BCUT2D eigenvalue weighted by Gasteiger charge is 2.39. The minimum Gasteiger partial charge on any atom is -0.325 e. The molecule has 0 aliphatic carbocycles. The van der Waals surface area contributed by atoms with Crippen LogP contribution in [0.1, 0.15) is 41.0 Å². The van der Waals surface area contributed by atoms with E-state index in [4.69, 9.17) is 5.73 Å². The van der Waals surface area contributed by atoms with E-state index in [1.807, 2.05) is 27.7 Å². The fourth-order valence-electron chi connectivity index (χ4n) is 0.749. The Morgan fingerprint density at radius 1 is 1.31 bits per heavy atom. The molecule has 0 aromatic heterocycles. The fraction of sp³-hybridized carbons (Fsp3) is 0.727. The fourth-order valence-corrected chi connectivity index (χ4v) is 0.749. The van der Waals surface area contributed by atoms with Crippen LogP contribution >= 0.6 is 0 Å². The van der Waals surface area contributed by atoms with Crippen molar-refractivity contribution in [3.05, 3.63) is 0 Å². The van der Waals surface area contributed by atoms with Crippen LogP contribution in [0.3, 0.4) is 0 Å². The van der Waals surface area contributed by atoms with Gasteiger partial charge in [-0.25, -0.2) is 0 Å². The lowest BCUT2D eigenvalue weighted by molar-refractivity contribution is -0.128. The Kier molecular flexibility index (Phi) is 3.69. The van der Waals surface area contributed by atoms with Gasteiger partial charge in [0, 0.05) is 11.0 Å².